The van der Waals surface area contributed by atoms with Crippen molar-refractivity contribution in [2.75, 3.05) is 0 Å². The molecule has 1 saturated carbocycles. The zero-order chi connectivity index (χ0) is 13.5. The van der Waals surface area contributed by atoms with Gasteiger partial charge in [-0.2, -0.15) is 5.10 Å². The molecule has 0 amide bonds. The summed E-state index contributed by atoms with van der Waals surface area (Å²) in [5.74, 6) is -0.220. The summed E-state index contributed by atoms with van der Waals surface area (Å²) in [7, 11) is 0. The molecule has 3 rings (SSSR count). The number of nitrogens with one attached hydrogen (secondary N) is 1. The van der Waals surface area contributed by atoms with Crippen LogP contribution in [0, 0.1) is 12.3 Å². The highest BCUT2D eigenvalue weighted by Crippen LogP contribution is 2.43. The van der Waals surface area contributed by atoms with Crippen molar-refractivity contribution in [3.63, 3.8) is 0 Å². The summed E-state index contributed by atoms with van der Waals surface area (Å²) in [4.78, 5) is 11.4. The standard InChI is InChI=1S/C11H14N6O2/c1-7-8(5-12-13-7)9-14-15-16-17(9)6-11(10(18)19)3-2-4-11/h5H,2-4,6H2,1H3,(H,12,13)(H,18,19). The van der Waals surface area contributed by atoms with E-state index in [2.05, 4.69) is 25.7 Å². The van der Waals surface area contributed by atoms with Crippen LogP contribution >= 0.6 is 0 Å². The van der Waals surface area contributed by atoms with E-state index in [0.717, 1.165) is 17.7 Å². The molecule has 0 saturated heterocycles. The van der Waals surface area contributed by atoms with Gasteiger partial charge in [0.2, 0.25) is 0 Å². The Bertz CT molecular complexity index is 612. The molecule has 1 aliphatic rings. The fraction of sp³-hybridized carbons (Fsp3) is 0.545. The van der Waals surface area contributed by atoms with E-state index in [4.69, 9.17) is 0 Å². The third-order valence-corrected chi connectivity index (χ3v) is 3.82. The average Bonchev–Trinajstić information content (AvgIpc) is 2.91. The van der Waals surface area contributed by atoms with Crippen molar-refractivity contribution in [2.24, 2.45) is 5.41 Å². The van der Waals surface area contributed by atoms with E-state index in [1.165, 1.54) is 0 Å². The number of tetrazole rings is 1. The van der Waals surface area contributed by atoms with Gasteiger partial charge in [-0.15, -0.1) is 5.10 Å². The Balaban J connectivity index is 1.93. The second kappa shape index (κ2) is 4.15. The predicted octanol–water partition coefficient (Wildman–Crippen LogP) is 0.627. The highest BCUT2D eigenvalue weighted by Gasteiger charge is 2.45. The van der Waals surface area contributed by atoms with E-state index in [1.807, 2.05) is 6.92 Å². The maximum atomic E-state index is 11.4. The molecule has 1 fully saturated rings. The van der Waals surface area contributed by atoms with Crippen LogP contribution in [0.25, 0.3) is 11.4 Å². The number of carbonyl (C=O) groups is 1. The van der Waals surface area contributed by atoms with Crippen LogP contribution in [0.3, 0.4) is 0 Å². The molecular weight excluding hydrogens is 248 g/mol. The molecule has 19 heavy (non-hydrogen) atoms. The average molecular weight is 262 g/mol. The molecular formula is C11H14N6O2. The quantitative estimate of drug-likeness (QED) is 0.836. The van der Waals surface area contributed by atoms with Gasteiger partial charge in [-0.3, -0.25) is 9.89 Å². The lowest BCUT2D eigenvalue weighted by molar-refractivity contribution is -0.156. The van der Waals surface area contributed by atoms with Gasteiger partial charge in [-0.1, -0.05) is 6.42 Å². The SMILES string of the molecule is Cc1[nH]ncc1-c1nnnn1CC1(C(=O)O)CCC1. The smallest absolute Gasteiger partial charge is 0.311 e. The Labute approximate surface area is 108 Å². The number of aliphatic carboxylic acids is 1. The van der Waals surface area contributed by atoms with E-state index in [-0.39, 0.29) is 0 Å². The van der Waals surface area contributed by atoms with Crippen LogP contribution in [-0.2, 0) is 11.3 Å². The molecule has 2 N–H and O–H groups in total. The van der Waals surface area contributed by atoms with Gasteiger partial charge in [0.25, 0.3) is 0 Å². The van der Waals surface area contributed by atoms with Crippen LogP contribution in [0.1, 0.15) is 25.0 Å². The highest BCUT2D eigenvalue weighted by molar-refractivity contribution is 5.75. The minimum Gasteiger partial charge on any atom is -0.481 e. The largest absolute Gasteiger partial charge is 0.481 e. The second-order valence-electron chi connectivity index (χ2n) is 5.01. The Morgan fingerprint density at radius 1 is 1.58 bits per heavy atom. The number of aromatic nitrogens is 6. The van der Waals surface area contributed by atoms with Gasteiger partial charge in [0.05, 0.1) is 23.7 Å². The van der Waals surface area contributed by atoms with E-state index in [1.54, 1.807) is 10.9 Å². The molecule has 8 nitrogen and oxygen atoms in total. The van der Waals surface area contributed by atoms with Crippen LogP contribution < -0.4 is 0 Å². The van der Waals surface area contributed by atoms with Gasteiger partial charge in [-0.05, 0) is 30.2 Å². The summed E-state index contributed by atoms with van der Waals surface area (Å²) in [6.07, 6.45) is 3.93. The normalized spacial score (nSPS) is 17.1. The number of hydrogen-bond acceptors (Lipinski definition) is 5. The van der Waals surface area contributed by atoms with Gasteiger partial charge >= 0.3 is 5.97 Å². The number of aromatic amines is 1. The minimum absolute atomic E-state index is 0.301. The van der Waals surface area contributed by atoms with Crippen molar-refractivity contribution in [2.45, 2.75) is 32.7 Å². The summed E-state index contributed by atoms with van der Waals surface area (Å²) in [6, 6.07) is 0. The Hall–Kier alpha value is -2.25. The molecule has 0 bridgehead atoms. The maximum Gasteiger partial charge on any atom is 0.311 e. The molecule has 2 aromatic heterocycles. The van der Waals surface area contributed by atoms with E-state index in [0.29, 0.717) is 25.2 Å². The van der Waals surface area contributed by atoms with E-state index in [9.17, 15) is 9.90 Å². The number of rotatable bonds is 4. The first-order valence-corrected chi connectivity index (χ1v) is 6.12. The third-order valence-electron chi connectivity index (χ3n) is 3.82. The van der Waals surface area contributed by atoms with E-state index < -0.39 is 11.4 Å². The van der Waals surface area contributed by atoms with E-state index >= 15 is 0 Å². The zero-order valence-electron chi connectivity index (χ0n) is 10.5. The van der Waals surface area contributed by atoms with Gasteiger partial charge in [0, 0.05) is 5.69 Å². The first-order valence-electron chi connectivity index (χ1n) is 6.12. The highest BCUT2D eigenvalue weighted by atomic mass is 16.4. The molecule has 2 aromatic rings. The summed E-state index contributed by atoms with van der Waals surface area (Å²) < 4.78 is 1.56. The second-order valence-corrected chi connectivity index (χ2v) is 5.01. The minimum atomic E-state index is -0.774. The van der Waals surface area contributed by atoms with Crippen LogP contribution in [0.15, 0.2) is 6.20 Å². The zero-order valence-corrected chi connectivity index (χ0v) is 10.5. The van der Waals surface area contributed by atoms with Crippen molar-refractivity contribution in [1.82, 2.24) is 30.4 Å². The lowest BCUT2D eigenvalue weighted by Crippen LogP contribution is -2.42. The number of aryl methyl sites for hydroxylation is 1. The molecule has 100 valence electrons. The van der Waals surface area contributed by atoms with Crippen LogP contribution in [-0.4, -0.2) is 41.5 Å². The van der Waals surface area contributed by atoms with Gasteiger partial charge in [0.1, 0.15) is 0 Å². The fourth-order valence-electron chi connectivity index (χ4n) is 2.41. The Morgan fingerprint density at radius 2 is 2.37 bits per heavy atom. The Morgan fingerprint density at radius 3 is 2.89 bits per heavy atom. The number of carboxylic acids is 1. The van der Waals surface area contributed by atoms with Crippen molar-refractivity contribution >= 4 is 5.97 Å². The van der Waals surface area contributed by atoms with Gasteiger partial charge in [-0.25, -0.2) is 4.68 Å². The number of H-pyrrole nitrogens is 1. The van der Waals surface area contributed by atoms with Crippen molar-refractivity contribution in [3.05, 3.63) is 11.9 Å². The van der Waals surface area contributed by atoms with Gasteiger partial charge < -0.3 is 5.11 Å². The number of hydrogen-bond donors (Lipinski definition) is 2. The predicted molar refractivity (Wildman–Crippen MR) is 64.1 cm³/mol. The summed E-state index contributed by atoms with van der Waals surface area (Å²) in [6.45, 7) is 2.17. The third kappa shape index (κ3) is 1.79. The Kier molecular flexibility index (Phi) is 2.58. The van der Waals surface area contributed by atoms with Crippen molar-refractivity contribution in [1.29, 1.82) is 0 Å². The maximum absolute atomic E-state index is 11.4. The summed E-state index contributed by atoms with van der Waals surface area (Å²) >= 11 is 0. The monoisotopic (exact) mass is 262 g/mol. The number of nitrogens with zero attached hydrogens (tertiary/aromatic N) is 5. The molecule has 0 radical (unpaired) electrons. The molecule has 0 aliphatic heterocycles. The molecule has 0 atom stereocenters. The summed E-state index contributed by atoms with van der Waals surface area (Å²) in [5.41, 5.74) is 0.931. The van der Waals surface area contributed by atoms with Crippen LogP contribution in [0.5, 0.6) is 0 Å². The van der Waals surface area contributed by atoms with Crippen LogP contribution in [0.4, 0.5) is 0 Å². The lowest BCUT2D eigenvalue weighted by atomic mass is 9.69. The first-order chi connectivity index (χ1) is 9.12. The molecule has 8 heteroatoms. The molecule has 1 aliphatic carbocycles. The number of carboxylic acid groups (broad SMARTS) is 1. The van der Waals surface area contributed by atoms with Crippen molar-refractivity contribution < 1.29 is 9.90 Å². The first kappa shape index (κ1) is 11.8. The lowest BCUT2D eigenvalue weighted by Gasteiger charge is -2.37. The molecule has 0 spiro atoms. The fourth-order valence-corrected chi connectivity index (χ4v) is 2.41. The summed E-state index contributed by atoms with van der Waals surface area (Å²) in [5, 5.41) is 27.6. The molecule has 0 aromatic carbocycles. The molecule has 0 unspecified atom stereocenters. The van der Waals surface area contributed by atoms with Crippen LogP contribution in [0.2, 0.25) is 0 Å². The topological polar surface area (TPSA) is 110 Å². The molecule has 2 heterocycles. The van der Waals surface area contributed by atoms with Crippen molar-refractivity contribution in [3.8, 4) is 11.4 Å². The van der Waals surface area contributed by atoms with Gasteiger partial charge in [0.15, 0.2) is 5.82 Å².